The smallest absolute Gasteiger partial charge is 0.257 e. The van der Waals surface area contributed by atoms with E-state index in [0.717, 1.165) is 12.2 Å². The Balaban J connectivity index is 1.93. The van der Waals surface area contributed by atoms with Gasteiger partial charge in [0, 0.05) is 16.3 Å². The summed E-state index contributed by atoms with van der Waals surface area (Å²) in [6.45, 7) is 4.06. The van der Waals surface area contributed by atoms with Crippen molar-refractivity contribution in [1.82, 2.24) is 5.32 Å². The molecule has 0 aromatic heterocycles. The molecule has 2 aromatic rings. The molecule has 0 bridgehead atoms. The lowest BCUT2D eigenvalue weighted by atomic mass is 10.2. The lowest BCUT2D eigenvalue weighted by Gasteiger charge is -2.13. The molecule has 6 heteroatoms. The zero-order valence-corrected chi connectivity index (χ0v) is 15.1. The molecule has 1 atom stereocenters. The van der Waals surface area contributed by atoms with E-state index >= 15 is 0 Å². The van der Waals surface area contributed by atoms with Gasteiger partial charge in [0.25, 0.3) is 5.91 Å². The van der Waals surface area contributed by atoms with E-state index in [1.807, 2.05) is 13.0 Å². The van der Waals surface area contributed by atoms with Crippen LogP contribution in [0.3, 0.4) is 0 Å². The highest BCUT2D eigenvalue weighted by atomic mass is 35.5. The Morgan fingerprint density at radius 2 is 1.96 bits per heavy atom. The fourth-order valence-corrected chi connectivity index (χ4v) is 2.31. The van der Waals surface area contributed by atoms with Crippen LogP contribution in [-0.2, 0) is 0 Å². The van der Waals surface area contributed by atoms with Gasteiger partial charge < -0.3 is 10.1 Å². The predicted molar refractivity (Wildman–Crippen MR) is 102 cm³/mol. The largest absolute Gasteiger partial charge is 0.491 e. The second-order valence-electron chi connectivity index (χ2n) is 5.28. The molecule has 0 aliphatic rings. The minimum absolute atomic E-state index is 0.138. The Morgan fingerprint density at radius 3 is 2.58 bits per heavy atom. The Labute approximate surface area is 152 Å². The molecule has 24 heavy (non-hydrogen) atoms. The Morgan fingerprint density at radius 1 is 1.25 bits per heavy atom. The van der Waals surface area contributed by atoms with Crippen molar-refractivity contribution >= 4 is 40.5 Å². The summed E-state index contributed by atoms with van der Waals surface area (Å²) in [5.41, 5.74) is 1.21. The number of ether oxygens (including phenoxy) is 1. The first-order valence-corrected chi connectivity index (χ1v) is 8.41. The first-order valence-electron chi connectivity index (χ1n) is 7.62. The molecule has 0 saturated heterocycles. The van der Waals surface area contributed by atoms with Crippen LogP contribution in [0.25, 0.3) is 0 Å². The van der Waals surface area contributed by atoms with Crippen molar-refractivity contribution in [2.24, 2.45) is 0 Å². The van der Waals surface area contributed by atoms with E-state index in [1.54, 1.807) is 42.5 Å². The number of amides is 1. The normalized spacial score (nSPS) is 11.5. The van der Waals surface area contributed by atoms with Crippen molar-refractivity contribution in [1.29, 1.82) is 0 Å². The number of benzene rings is 2. The minimum Gasteiger partial charge on any atom is -0.491 e. The topological polar surface area (TPSA) is 50.4 Å². The van der Waals surface area contributed by atoms with Gasteiger partial charge in [-0.05, 0) is 68.0 Å². The van der Waals surface area contributed by atoms with Crippen molar-refractivity contribution in [3.8, 4) is 5.75 Å². The molecule has 0 saturated carbocycles. The molecule has 126 valence electrons. The molecule has 0 aliphatic carbocycles. The molecular formula is C18H19ClN2O2S. The van der Waals surface area contributed by atoms with Gasteiger partial charge in [-0.15, -0.1) is 0 Å². The van der Waals surface area contributed by atoms with Gasteiger partial charge in [-0.25, -0.2) is 0 Å². The molecule has 1 amide bonds. The van der Waals surface area contributed by atoms with Crippen LogP contribution < -0.4 is 15.4 Å². The molecule has 2 rings (SSSR count). The zero-order valence-electron chi connectivity index (χ0n) is 13.5. The summed E-state index contributed by atoms with van der Waals surface area (Å²) in [7, 11) is 0. The molecule has 0 heterocycles. The first-order chi connectivity index (χ1) is 11.5. The summed E-state index contributed by atoms with van der Waals surface area (Å²) >= 11 is 11.1. The van der Waals surface area contributed by atoms with Crippen LogP contribution in [-0.4, -0.2) is 17.1 Å². The van der Waals surface area contributed by atoms with Gasteiger partial charge >= 0.3 is 0 Å². The van der Waals surface area contributed by atoms with E-state index in [4.69, 9.17) is 28.6 Å². The van der Waals surface area contributed by atoms with Crippen molar-refractivity contribution in [3.63, 3.8) is 0 Å². The summed E-state index contributed by atoms with van der Waals surface area (Å²) in [6.07, 6.45) is 1.06. The van der Waals surface area contributed by atoms with Crippen LogP contribution in [0.1, 0.15) is 30.6 Å². The lowest BCUT2D eigenvalue weighted by molar-refractivity contribution is 0.0977. The van der Waals surface area contributed by atoms with Crippen molar-refractivity contribution < 1.29 is 9.53 Å². The number of anilines is 1. The van der Waals surface area contributed by atoms with Gasteiger partial charge in [0.2, 0.25) is 0 Å². The molecule has 0 radical (unpaired) electrons. The molecule has 1 unspecified atom stereocenters. The average Bonchev–Trinajstić information content (AvgIpc) is 2.55. The molecule has 0 fully saturated rings. The number of rotatable bonds is 5. The van der Waals surface area contributed by atoms with Crippen molar-refractivity contribution in [3.05, 3.63) is 59.1 Å². The molecular weight excluding hydrogens is 344 g/mol. The Kier molecular flexibility index (Phi) is 6.58. The number of carbonyl (C=O) groups excluding carboxylic acids is 1. The number of hydrogen-bond donors (Lipinski definition) is 2. The van der Waals surface area contributed by atoms with Gasteiger partial charge in [0.1, 0.15) is 5.75 Å². The fraction of sp³-hybridized carbons (Fsp3) is 0.222. The highest BCUT2D eigenvalue weighted by Gasteiger charge is 2.09. The number of thiocarbonyl (C=S) groups is 1. The van der Waals surface area contributed by atoms with Gasteiger partial charge in [0.05, 0.1) is 6.10 Å². The summed E-state index contributed by atoms with van der Waals surface area (Å²) in [5.74, 6) is 0.449. The van der Waals surface area contributed by atoms with Crippen LogP contribution in [0.2, 0.25) is 5.02 Å². The van der Waals surface area contributed by atoms with Gasteiger partial charge in [0.15, 0.2) is 5.11 Å². The number of carbonyl (C=O) groups is 1. The molecule has 0 spiro atoms. The number of hydrogen-bond acceptors (Lipinski definition) is 3. The average molecular weight is 363 g/mol. The second kappa shape index (κ2) is 8.66. The van der Waals surface area contributed by atoms with Gasteiger partial charge in [-0.1, -0.05) is 24.6 Å². The van der Waals surface area contributed by atoms with Crippen LogP contribution >= 0.6 is 23.8 Å². The Hall–Kier alpha value is -2.11. The summed E-state index contributed by atoms with van der Waals surface area (Å²) in [4.78, 5) is 12.2. The van der Waals surface area contributed by atoms with Gasteiger partial charge in [-0.2, -0.15) is 0 Å². The van der Waals surface area contributed by atoms with Crippen LogP contribution in [0, 0.1) is 0 Å². The SMILES string of the molecule is CCC(C)Oc1ccc(C(=O)NC(=S)Nc2cccc(Cl)c2)cc1. The summed E-state index contributed by atoms with van der Waals surface area (Å²) < 4.78 is 5.69. The maximum Gasteiger partial charge on any atom is 0.257 e. The van der Waals surface area contributed by atoms with E-state index in [0.29, 0.717) is 16.3 Å². The number of nitrogens with one attached hydrogen (secondary N) is 2. The highest BCUT2D eigenvalue weighted by Crippen LogP contribution is 2.16. The first kappa shape index (κ1) is 18.2. The maximum atomic E-state index is 12.2. The zero-order chi connectivity index (χ0) is 17.5. The van der Waals surface area contributed by atoms with Gasteiger partial charge in [-0.3, -0.25) is 10.1 Å². The number of halogens is 1. The van der Waals surface area contributed by atoms with E-state index in [1.165, 1.54) is 0 Å². The third-order valence-corrected chi connectivity index (χ3v) is 3.78. The summed E-state index contributed by atoms with van der Waals surface area (Å²) in [5, 5.41) is 6.35. The third-order valence-electron chi connectivity index (χ3n) is 3.34. The van der Waals surface area contributed by atoms with E-state index in [9.17, 15) is 4.79 Å². The molecule has 0 aliphatic heterocycles. The predicted octanol–water partition coefficient (Wildman–Crippen LogP) is 4.64. The second-order valence-corrected chi connectivity index (χ2v) is 6.12. The monoisotopic (exact) mass is 362 g/mol. The molecule has 2 aromatic carbocycles. The third kappa shape index (κ3) is 5.51. The Bertz CT molecular complexity index is 719. The van der Waals surface area contributed by atoms with Crippen molar-refractivity contribution in [2.45, 2.75) is 26.4 Å². The molecule has 4 nitrogen and oxygen atoms in total. The van der Waals surface area contributed by atoms with Crippen molar-refractivity contribution in [2.75, 3.05) is 5.32 Å². The fourth-order valence-electron chi connectivity index (χ4n) is 1.90. The van der Waals surface area contributed by atoms with E-state index in [2.05, 4.69) is 17.6 Å². The summed E-state index contributed by atoms with van der Waals surface area (Å²) in [6, 6.07) is 14.0. The maximum absolute atomic E-state index is 12.2. The van der Waals surface area contributed by atoms with Crippen LogP contribution in [0.15, 0.2) is 48.5 Å². The standard InChI is InChI=1S/C18H19ClN2O2S/c1-3-12(2)23-16-9-7-13(8-10-16)17(22)21-18(24)20-15-6-4-5-14(19)11-15/h4-12H,3H2,1-2H3,(H2,20,21,22,24). The minimum atomic E-state index is -0.287. The van der Waals surface area contributed by atoms with Crippen LogP contribution in [0.5, 0.6) is 5.75 Å². The highest BCUT2D eigenvalue weighted by molar-refractivity contribution is 7.80. The van der Waals surface area contributed by atoms with Crippen LogP contribution in [0.4, 0.5) is 5.69 Å². The van der Waals surface area contributed by atoms with E-state index < -0.39 is 0 Å². The molecule has 2 N–H and O–H groups in total. The van der Waals surface area contributed by atoms with E-state index in [-0.39, 0.29) is 17.1 Å². The quantitative estimate of drug-likeness (QED) is 0.760. The lowest BCUT2D eigenvalue weighted by Crippen LogP contribution is -2.34.